The minimum Gasteiger partial charge on any atom is -0.497 e. The summed E-state index contributed by atoms with van der Waals surface area (Å²) in [4.78, 5) is 4.37. The van der Waals surface area contributed by atoms with Crippen LogP contribution >= 0.6 is 0 Å². The number of nitrogens with zero attached hydrogens (tertiary/aromatic N) is 2. The van der Waals surface area contributed by atoms with Crippen LogP contribution in [0.2, 0.25) is 0 Å². The van der Waals surface area contributed by atoms with Crippen LogP contribution in [0.3, 0.4) is 0 Å². The number of hydrogen-bond acceptors (Lipinski definition) is 4. The molecule has 0 amide bonds. The van der Waals surface area contributed by atoms with E-state index in [0.29, 0.717) is 0 Å². The molecule has 0 aliphatic rings. The molecule has 8 heteroatoms. The van der Waals surface area contributed by atoms with Crippen molar-refractivity contribution < 1.29 is 13.2 Å². The van der Waals surface area contributed by atoms with Gasteiger partial charge in [0.2, 0.25) is 0 Å². The standard InChI is InChI=1S/C15H16N4O3S/c1-22-13-6-7-15-14(8-13)17-10-19(15)12-4-2-11(3-5-12)9-18-23(16,20)21/h2-8,10,18H,9H2,1H3,(H2,16,20,21). The number of nitrogens with two attached hydrogens (primary N) is 1. The Bertz CT molecular complexity index is 933. The highest BCUT2D eigenvalue weighted by Gasteiger charge is 2.06. The first-order valence-corrected chi connectivity index (χ1v) is 8.39. The molecule has 0 aliphatic heterocycles. The molecule has 7 nitrogen and oxygen atoms in total. The second-order valence-electron chi connectivity index (χ2n) is 5.00. The van der Waals surface area contributed by atoms with Gasteiger partial charge in [-0.15, -0.1) is 0 Å². The summed E-state index contributed by atoms with van der Waals surface area (Å²) in [5, 5.41) is 4.91. The number of benzene rings is 2. The highest BCUT2D eigenvalue weighted by atomic mass is 32.2. The molecule has 1 aromatic heterocycles. The van der Waals surface area contributed by atoms with Gasteiger partial charge < -0.3 is 4.74 Å². The Morgan fingerprint density at radius 2 is 1.96 bits per heavy atom. The van der Waals surface area contributed by atoms with Crippen LogP contribution in [-0.2, 0) is 16.8 Å². The molecule has 3 rings (SSSR count). The molecule has 0 aliphatic carbocycles. The number of fused-ring (bicyclic) bond motifs is 1. The lowest BCUT2D eigenvalue weighted by Gasteiger charge is -2.07. The van der Waals surface area contributed by atoms with Crippen molar-refractivity contribution >= 4 is 21.2 Å². The highest BCUT2D eigenvalue weighted by molar-refractivity contribution is 7.87. The van der Waals surface area contributed by atoms with Crippen molar-refractivity contribution in [3.63, 3.8) is 0 Å². The second-order valence-corrected chi connectivity index (χ2v) is 6.38. The largest absolute Gasteiger partial charge is 0.497 e. The van der Waals surface area contributed by atoms with Crippen LogP contribution < -0.4 is 14.6 Å². The summed E-state index contributed by atoms with van der Waals surface area (Å²) in [6, 6.07) is 13.2. The lowest BCUT2D eigenvalue weighted by atomic mass is 10.2. The Labute approximate surface area is 133 Å². The van der Waals surface area contributed by atoms with E-state index in [1.165, 1.54) is 0 Å². The third-order valence-corrected chi connectivity index (χ3v) is 3.99. The smallest absolute Gasteiger partial charge is 0.274 e. The van der Waals surface area contributed by atoms with Gasteiger partial charge >= 0.3 is 0 Å². The van der Waals surface area contributed by atoms with Crippen LogP contribution in [0.4, 0.5) is 0 Å². The molecule has 2 aromatic carbocycles. The van der Waals surface area contributed by atoms with Crippen LogP contribution in [0.15, 0.2) is 48.8 Å². The maximum absolute atomic E-state index is 10.9. The maximum atomic E-state index is 10.9. The Morgan fingerprint density at radius 3 is 2.61 bits per heavy atom. The molecule has 0 bridgehead atoms. The molecule has 0 radical (unpaired) electrons. The molecule has 0 fully saturated rings. The van der Waals surface area contributed by atoms with E-state index >= 15 is 0 Å². The molecule has 1 heterocycles. The van der Waals surface area contributed by atoms with Crippen molar-refractivity contribution in [1.82, 2.24) is 14.3 Å². The monoisotopic (exact) mass is 332 g/mol. The van der Waals surface area contributed by atoms with E-state index in [1.54, 1.807) is 13.4 Å². The number of ether oxygens (including phenoxy) is 1. The Balaban J connectivity index is 1.87. The van der Waals surface area contributed by atoms with E-state index in [9.17, 15) is 8.42 Å². The Morgan fingerprint density at radius 1 is 1.22 bits per heavy atom. The van der Waals surface area contributed by atoms with E-state index < -0.39 is 10.2 Å². The minimum atomic E-state index is -3.69. The molecule has 3 N–H and O–H groups in total. The van der Waals surface area contributed by atoms with E-state index in [0.717, 1.165) is 28.0 Å². The molecule has 0 saturated heterocycles. The molecule has 23 heavy (non-hydrogen) atoms. The zero-order valence-electron chi connectivity index (χ0n) is 12.4. The molecule has 120 valence electrons. The molecule has 0 atom stereocenters. The molecule has 0 spiro atoms. The number of rotatable bonds is 5. The molecular weight excluding hydrogens is 316 g/mol. The van der Waals surface area contributed by atoms with Crippen molar-refractivity contribution in [2.24, 2.45) is 5.14 Å². The summed E-state index contributed by atoms with van der Waals surface area (Å²) in [6.45, 7) is 0.154. The Kier molecular flexibility index (Phi) is 4.03. The summed E-state index contributed by atoms with van der Waals surface area (Å²) < 4.78 is 31.2. The maximum Gasteiger partial charge on any atom is 0.274 e. The van der Waals surface area contributed by atoms with Crippen LogP contribution in [0.25, 0.3) is 16.7 Å². The van der Waals surface area contributed by atoms with Gasteiger partial charge in [-0.25, -0.2) is 10.1 Å². The lowest BCUT2D eigenvalue weighted by Crippen LogP contribution is -2.30. The first-order chi connectivity index (χ1) is 11.0. The predicted octanol–water partition coefficient (Wildman–Crippen LogP) is 1.33. The van der Waals surface area contributed by atoms with Gasteiger partial charge in [0, 0.05) is 18.3 Å². The van der Waals surface area contributed by atoms with Crippen molar-refractivity contribution in [3.8, 4) is 11.4 Å². The average Bonchev–Trinajstić information content (AvgIpc) is 2.95. The number of aromatic nitrogens is 2. The van der Waals surface area contributed by atoms with Gasteiger partial charge in [0.1, 0.15) is 12.1 Å². The van der Waals surface area contributed by atoms with E-state index in [2.05, 4.69) is 9.71 Å². The van der Waals surface area contributed by atoms with Crippen LogP contribution in [-0.4, -0.2) is 25.1 Å². The number of hydrogen-bond donors (Lipinski definition) is 2. The SMILES string of the molecule is COc1ccc2c(c1)ncn2-c1ccc(CNS(N)(=O)=O)cc1. The van der Waals surface area contributed by atoms with E-state index in [-0.39, 0.29) is 6.54 Å². The zero-order chi connectivity index (χ0) is 16.4. The van der Waals surface area contributed by atoms with Crippen LogP contribution in [0, 0.1) is 0 Å². The predicted molar refractivity (Wildman–Crippen MR) is 87.6 cm³/mol. The Hall–Kier alpha value is -2.42. The summed E-state index contributed by atoms with van der Waals surface area (Å²) in [5.74, 6) is 0.757. The lowest BCUT2D eigenvalue weighted by molar-refractivity contribution is 0.415. The normalized spacial score (nSPS) is 11.7. The van der Waals surface area contributed by atoms with Gasteiger partial charge in [0.05, 0.1) is 18.1 Å². The van der Waals surface area contributed by atoms with Crippen molar-refractivity contribution in [3.05, 3.63) is 54.4 Å². The van der Waals surface area contributed by atoms with Crippen LogP contribution in [0.5, 0.6) is 5.75 Å². The fourth-order valence-corrected chi connectivity index (χ4v) is 2.65. The molecule has 0 unspecified atom stereocenters. The van der Waals surface area contributed by atoms with Crippen LogP contribution in [0.1, 0.15) is 5.56 Å². The quantitative estimate of drug-likeness (QED) is 0.736. The van der Waals surface area contributed by atoms with Crippen molar-refractivity contribution in [2.45, 2.75) is 6.54 Å². The van der Waals surface area contributed by atoms with Gasteiger partial charge in [-0.2, -0.15) is 13.1 Å². The van der Waals surface area contributed by atoms with Gasteiger partial charge in [0.25, 0.3) is 10.2 Å². The molecular formula is C15H16N4O3S. The molecule has 0 saturated carbocycles. The van der Waals surface area contributed by atoms with Gasteiger partial charge in [0.15, 0.2) is 0 Å². The van der Waals surface area contributed by atoms with Gasteiger partial charge in [-0.3, -0.25) is 4.57 Å². The highest BCUT2D eigenvalue weighted by Crippen LogP contribution is 2.22. The summed E-state index contributed by atoms with van der Waals surface area (Å²) in [5.41, 5.74) is 3.54. The van der Waals surface area contributed by atoms with Gasteiger partial charge in [-0.05, 0) is 29.8 Å². The third kappa shape index (κ3) is 3.50. The minimum absolute atomic E-state index is 0.154. The fourth-order valence-electron chi connectivity index (χ4n) is 2.28. The van der Waals surface area contributed by atoms with Crippen molar-refractivity contribution in [1.29, 1.82) is 0 Å². The summed E-state index contributed by atoms with van der Waals surface area (Å²) >= 11 is 0. The topological polar surface area (TPSA) is 99.2 Å². The summed E-state index contributed by atoms with van der Waals surface area (Å²) in [7, 11) is -2.07. The second kappa shape index (κ2) is 5.99. The van der Waals surface area contributed by atoms with E-state index in [1.807, 2.05) is 47.0 Å². The number of nitrogens with one attached hydrogen (secondary N) is 1. The molecule has 3 aromatic rings. The van der Waals surface area contributed by atoms with Crippen molar-refractivity contribution in [2.75, 3.05) is 7.11 Å². The van der Waals surface area contributed by atoms with Gasteiger partial charge in [-0.1, -0.05) is 12.1 Å². The number of imidazole rings is 1. The first-order valence-electron chi connectivity index (χ1n) is 6.84. The average molecular weight is 332 g/mol. The summed E-state index contributed by atoms with van der Waals surface area (Å²) in [6.07, 6.45) is 1.74. The third-order valence-electron chi connectivity index (χ3n) is 3.45. The zero-order valence-corrected chi connectivity index (χ0v) is 13.2. The van der Waals surface area contributed by atoms with E-state index in [4.69, 9.17) is 9.88 Å². The first kappa shape index (κ1) is 15.5. The fraction of sp³-hybridized carbons (Fsp3) is 0.133. The number of methoxy groups -OCH3 is 1.